The van der Waals surface area contributed by atoms with Gasteiger partial charge in [0, 0.05) is 44.2 Å². The fourth-order valence-corrected chi connectivity index (χ4v) is 4.15. The van der Waals surface area contributed by atoms with E-state index in [1.54, 1.807) is 23.9 Å². The second kappa shape index (κ2) is 8.67. The maximum absolute atomic E-state index is 12.9. The number of thioether (sulfide) groups is 1. The Morgan fingerprint density at radius 1 is 1.12 bits per heavy atom. The Morgan fingerprint density at radius 2 is 1.84 bits per heavy atom. The number of nitrogens with one attached hydrogen (secondary N) is 1. The normalized spacial score (nSPS) is 21.2. The monoisotopic (exact) mass is 365 g/mol. The van der Waals surface area contributed by atoms with Crippen LogP contribution in [0.1, 0.15) is 18.4 Å². The lowest BCUT2D eigenvalue weighted by Crippen LogP contribution is -2.46. The van der Waals surface area contributed by atoms with Crippen LogP contribution in [0.25, 0.3) is 0 Å². The molecule has 0 aromatic heterocycles. The number of aryl methyl sites for hydroxylation is 1. The quantitative estimate of drug-likeness (QED) is 0.878. The molecule has 0 aliphatic carbocycles. The van der Waals surface area contributed by atoms with E-state index in [0.717, 1.165) is 23.6 Å². The van der Waals surface area contributed by atoms with Gasteiger partial charge >= 0.3 is 0 Å². The van der Waals surface area contributed by atoms with Crippen LogP contribution >= 0.6 is 11.8 Å². The number of carbonyl (C=O) groups excluding carboxylic acids is 2. The second-order valence-electron chi connectivity index (χ2n) is 6.46. The molecule has 2 amide bonds. The maximum Gasteiger partial charge on any atom is 0.240 e. The lowest BCUT2D eigenvalue weighted by atomic mass is 10.1. The van der Waals surface area contributed by atoms with Crippen LogP contribution in [0.15, 0.2) is 24.3 Å². The average molecular weight is 365 g/mol. The van der Waals surface area contributed by atoms with Crippen LogP contribution in [0.4, 0.5) is 4.39 Å². The molecule has 7 heteroatoms. The highest BCUT2D eigenvalue weighted by Gasteiger charge is 2.29. The standard InChI is InChI=1S/C18H24FN3O2S/c19-15-5-2-14(3-6-15)4-7-17(23)21-8-1-9-22(11-10-21)18(24)16-12-25-13-20-16/h2-3,5-6,16,20H,1,4,7-13H2. The highest BCUT2D eigenvalue weighted by Crippen LogP contribution is 2.14. The van der Waals surface area contributed by atoms with Crippen molar-refractivity contribution in [1.29, 1.82) is 0 Å². The largest absolute Gasteiger partial charge is 0.341 e. The van der Waals surface area contributed by atoms with Crippen LogP contribution in [-0.4, -0.2) is 65.5 Å². The van der Waals surface area contributed by atoms with Gasteiger partial charge in [-0.25, -0.2) is 4.39 Å². The number of carbonyl (C=O) groups is 2. The van der Waals surface area contributed by atoms with E-state index in [-0.39, 0.29) is 23.7 Å². The van der Waals surface area contributed by atoms with Crippen molar-refractivity contribution in [2.75, 3.05) is 37.8 Å². The Kier molecular flexibility index (Phi) is 6.31. The molecular weight excluding hydrogens is 341 g/mol. The predicted octanol–water partition coefficient (Wildman–Crippen LogP) is 1.48. The fraction of sp³-hybridized carbons (Fsp3) is 0.556. The Hall–Kier alpha value is -1.60. The van der Waals surface area contributed by atoms with Gasteiger partial charge in [0.05, 0.1) is 6.04 Å². The minimum Gasteiger partial charge on any atom is -0.341 e. The zero-order chi connectivity index (χ0) is 17.6. The minimum absolute atomic E-state index is 0.0780. The van der Waals surface area contributed by atoms with Gasteiger partial charge in [0.25, 0.3) is 0 Å². The average Bonchev–Trinajstić information content (AvgIpc) is 3.05. The summed E-state index contributed by atoms with van der Waals surface area (Å²) in [6.07, 6.45) is 1.84. The third-order valence-electron chi connectivity index (χ3n) is 4.72. The van der Waals surface area contributed by atoms with Crippen molar-refractivity contribution in [2.45, 2.75) is 25.3 Å². The summed E-state index contributed by atoms with van der Waals surface area (Å²) >= 11 is 1.74. The van der Waals surface area contributed by atoms with Crippen molar-refractivity contribution >= 4 is 23.6 Å². The van der Waals surface area contributed by atoms with E-state index in [1.807, 2.05) is 9.80 Å². The Bertz CT molecular complexity index is 605. The summed E-state index contributed by atoms with van der Waals surface area (Å²) in [6.45, 7) is 2.60. The number of nitrogens with zero attached hydrogens (tertiary/aromatic N) is 2. The highest BCUT2D eigenvalue weighted by molar-refractivity contribution is 7.99. The topological polar surface area (TPSA) is 52.7 Å². The van der Waals surface area contributed by atoms with Crippen LogP contribution < -0.4 is 5.32 Å². The lowest BCUT2D eigenvalue weighted by Gasteiger charge is -2.24. The van der Waals surface area contributed by atoms with Crippen molar-refractivity contribution in [1.82, 2.24) is 15.1 Å². The number of halogens is 1. The molecule has 136 valence electrons. The highest BCUT2D eigenvalue weighted by atomic mass is 32.2. The number of rotatable bonds is 4. The second-order valence-corrected chi connectivity index (χ2v) is 7.49. The number of hydrogen-bond donors (Lipinski definition) is 1. The van der Waals surface area contributed by atoms with E-state index < -0.39 is 0 Å². The van der Waals surface area contributed by atoms with E-state index in [0.29, 0.717) is 39.0 Å². The van der Waals surface area contributed by atoms with E-state index in [4.69, 9.17) is 0 Å². The molecule has 2 aliphatic rings. The number of benzene rings is 1. The first-order chi connectivity index (χ1) is 12.1. The predicted molar refractivity (Wildman–Crippen MR) is 96.7 cm³/mol. The molecule has 3 rings (SSSR count). The Morgan fingerprint density at radius 3 is 2.56 bits per heavy atom. The van der Waals surface area contributed by atoms with E-state index in [9.17, 15) is 14.0 Å². The van der Waals surface area contributed by atoms with Crippen LogP contribution in [0.2, 0.25) is 0 Å². The first-order valence-corrected chi connectivity index (χ1v) is 9.91. The van der Waals surface area contributed by atoms with Crippen molar-refractivity contribution in [3.05, 3.63) is 35.6 Å². The van der Waals surface area contributed by atoms with Crippen LogP contribution in [0, 0.1) is 5.82 Å². The molecule has 2 heterocycles. The summed E-state index contributed by atoms with van der Waals surface area (Å²) in [5, 5.41) is 3.21. The Balaban J connectivity index is 1.47. The van der Waals surface area contributed by atoms with Gasteiger partial charge in [0.2, 0.25) is 11.8 Å². The van der Waals surface area contributed by atoms with Gasteiger partial charge in [-0.05, 0) is 30.5 Å². The molecule has 1 atom stereocenters. The van der Waals surface area contributed by atoms with E-state index >= 15 is 0 Å². The minimum atomic E-state index is -0.262. The third kappa shape index (κ3) is 4.95. The van der Waals surface area contributed by atoms with Crippen molar-refractivity contribution in [3.63, 3.8) is 0 Å². The fourth-order valence-electron chi connectivity index (χ4n) is 3.22. The van der Waals surface area contributed by atoms with Gasteiger partial charge in [-0.3, -0.25) is 14.9 Å². The molecule has 1 aromatic carbocycles. The van der Waals surface area contributed by atoms with Gasteiger partial charge in [0.1, 0.15) is 5.82 Å². The van der Waals surface area contributed by atoms with Crippen molar-refractivity contribution in [3.8, 4) is 0 Å². The molecule has 0 bridgehead atoms. The summed E-state index contributed by atoms with van der Waals surface area (Å²) in [5.74, 6) is 1.66. The molecule has 5 nitrogen and oxygen atoms in total. The summed E-state index contributed by atoms with van der Waals surface area (Å²) < 4.78 is 12.9. The van der Waals surface area contributed by atoms with Gasteiger partial charge in [-0.15, -0.1) is 11.8 Å². The van der Waals surface area contributed by atoms with Gasteiger partial charge in [-0.1, -0.05) is 12.1 Å². The first kappa shape index (κ1) is 18.2. The van der Waals surface area contributed by atoms with Crippen molar-refractivity contribution < 1.29 is 14.0 Å². The van der Waals surface area contributed by atoms with Crippen molar-refractivity contribution in [2.24, 2.45) is 0 Å². The van der Waals surface area contributed by atoms with Gasteiger partial charge in [-0.2, -0.15) is 0 Å². The smallest absolute Gasteiger partial charge is 0.240 e. The summed E-state index contributed by atoms with van der Waals surface area (Å²) in [6, 6.07) is 6.20. The molecule has 25 heavy (non-hydrogen) atoms. The molecule has 2 fully saturated rings. The molecule has 2 saturated heterocycles. The van der Waals surface area contributed by atoms with Crippen LogP contribution in [-0.2, 0) is 16.0 Å². The number of amides is 2. The molecular formula is C18H24FN3O2S. The van der Waals surface area contributed by atoms with E-state index in [1.165, 1.54) is 12.1 Å². The van der Waals surface area contributed by atoms with Gasteiger partial charge < -0.3 is 9.80 Å². The SMILES string of the molecule is O=C(CCc1ccc(F)cc1)N1CCCN(C(=O)C2CSCN2)CC1. The summed E-state index contributed by atoms with van der Waals surface area (Å²) in [5.41, 5.74) is 0.964. The maximum atomic E-state index is 12.9. The molecule has 1 unspecified atom stereocenters. The van der Waals surface area contributed by atoms with Crippen LogP contribution in [0.5, 0.6) is 0 Å². The lowest BCUT2D eigenvalue weighted by molar-refractivity contribution is -0.134. The molecule has 0 radical (unpaired) electrons. The third-order valence-corrected chi connectivity index (χ3v) is 5.66. The van der Waals surface area contributed by atoms with Crippen LogP contribution in [0.3, 0.4) is 0 Å². The Labute approximate surface area is 151 Å². The summed E-state index contributed by atoms with van der Waals surface area (Å²) in [4.78, 5) is 28.7. The van der Waals surface area contributed by atoms with Gasteiger partial charge in [0.15, 0.2) is 0 Å². The first-order valence-electron chi connectivity index (χ1n) is 8.75. The molecule has 0 saturated carbocycles. The zero-order valence-electron chi connectivity index (χ0n) is 14.2. The molecule has 2 aliphatic heterocycles. The molecule has 1 aromatic rings. The zero-order valence-corrected chi connectivity index (χ0v) is 15.1. The molecule has 1 N–H and O–H groups in total. The van der Waals surface area contributed by atoms with E-state index in [2.05, 4.69) is 5.32 Å². The molecule has 0 spiro atoms. The summed E-state index contributed by atoms with van der Waals surface area (Å²) in [7, 11) is 0. The number of hydrogen-bond acceptors (Lipinski definition) is 4.